The molecular formula is C28H22N2O4. The maximum atomic E-state index is 12.6. The highest BCUT2D eigenvalue weighted by atomic mass is 16.5. The minimum absolute atomic E-state index is 0.0534. The number of fused-ring (bicyclic) bond motifs is 1. The maximum Gasteiger partial charge on any atom is 0.248 e. The number of primary amides is 1. The molecule has 2 N–H and O–H groups in total. The summed E-state index contributed by atoms with van der Waals surface area (Å²) in [6.07, 6.45) is 3.27. The van der Waals surface area contributed by atoms with Crippen LogP contribution in [-0.4, -0.2) is 23.3 Å². The first-order valence-corrected chi connectivity index (χ1v) is 11.0. The van der Waals surface area contributed by atoms with Gasteiger partial charge in [-0.05, 0) is 47.0 Å². The SMILES string of the molecule is NC(=O)c1ccc([C@H](Oc2cc3c(cc2-c2ccccc2)C(=O)CCO3)c2ccncc2)cc1. The average molecular weight is 450 g/mol. The Kier molecular flexibility index (Phi) is 5.79. The van der Waals surface area contributed by atoms with Crippen molar-refractivity contribution >= 4 is 11.7 Å². The standard InChI is InChI=1S/C28H22N2O4/c29-28(32)21-8-6-19(7-9-21)27(20-10-13-30-14-11-20)34-26-17-25-23(24(31)12-15-33-25)16-22(26)18-4-2-1-3-5-18/h1-11,13-14,16-17,27H,12,15H2,(H2,29,32)/t27-/m0/s1. The molecule has 1 atom stereocenters. The second-order valence-corrected chi connectivity index (χ2v) is 8.00. The van der Waals surface area contributed by atoms with Crippen LogP contribution in [0.2, 0.25) is 0 Å². The van der Waals surface area contributed by atoms with Crippen LogP contribution >= 0.6 is 0 Å². The lowest BCUT2D eigenvalue weighted by Crippen LogP contribution is -2.16. The first kappa shape index (κ1) is 21.4. The first-order valence-electron chi connectivity index (χ1n) is 11.0. The zero-order valence-corrected chi connectivity index (χ0v) is 18.3. The van der Waals surface area contributed by atoms with E-state index in [-0.39, 0.29) is 5.78 Å². The summed E-state index contributed by atoms with van der Waals surface area (Å²) in [5.74, 6) is 0.664. The topological polar surface area (TPSA) is 91.5 Å². The summed E-state index contributed by atoms with van der Waals surface area (Å²) >= 11 is 0. The number of nitrogens with zero attached hydrogens (tertiary/aromatic N) is 1. The van der Waals surface area contributed by atoms with Crippen molar-refractivity contribution in [2.24, 2.45) is 5.73 Å². The van der Waals surface area contributed by atoms with E-state index in [1.165, 1.54) is 0 Å². The average Bonchev–Trinajstić information content (AvgIpc) is 2.88. The maximum absolute atomic E-state index is 12.6. The van der Waals surface area contributed by atoms with Crippen LogP contribution in [0.5, 0.6) is 11.5 Å². The number of carbonyl (C=O) groups excluding carboxylic acids is 2. The molecule has 6 heteroatoms. The number of amides is 1. The van der Waals surface area contributed by atoms with Gasteiger partial charge in [0.25, 0.3) is 0 Å². The molecule has 0 bridgehead atoms. The molecule has 34 heavy (non-hydrogen) atoms. The summed E-state index contributed by atoms with van der Waals surface area (Å²) < 4.78 is 12.4. The van der Waals surface area contributed by atoms with Gasteiger partial charge in [-0.2, -0.15) is 0 Å². The van der Waals surface area contributed by atoms with E-state index >= 15 is 0 Å². The van der Waals surface area contributed by atoms with Gasteiger partial charge in [0.1, 0.15) is 17.6 Å². The Labute approximate surface area is 197 Å². The van der Waals surface area contributed by atoms with E-state index < -0.39 is 12.0 Å². The summed E-state index contributed by atoms with van der Waals surface area (Å²) in [5.41, 5.74) is 9.84. The molecule has 0 saturated carbocycles. The van der Waals surface area contributed by atoms with Crippen molar-refractivity contribution in [2.75, 3.05) is 6.61 Å². The van der Waals surface area contributed by atoms with Gasteiger partial charge in [0.2, 0.25) is 5.91 Å². The Morgan fingerprint density at radius 1 is 0.912 bits per heavy atom. The van der Waals surface area contributed by atoms with Gasteiger partial charge in [0, 0.05) is 36.0 Å². The van der Waals surface area contributed by atoms with E-state index in [9.17, 15) is 9.59 Å². The van der Waals surface area contributed by atoms with Crippen LogP contribution in [0.1, 0.15) is 44.4 Å². The minimum atomic E-state index is -0.496. The number of ether oxygens (including phenoxy) is 2. The lowest BCUT2D eigenvalue weighted by atomic mass is 9.96. The number of rotatable bonds is 6. The molecular weight excluding hydrogens is 428 g/mol. The Morgan fingerprint density at radius 3 is 2.32 bits per heavy atom. The number of nitrogens with two attached hydrogens (primary N) is 1. The van der Waals surface area contributed by atoms with Crippen molar-refractivity contribution in [2.45, 2.75) is 12.5 Å². The van der Waals surface area contributed by atoms with E-state index in [2.05, 4.69) is 4.98 Å². The summed E-state index contributed by atoms with van der Waals surface area (Å²) in [7, 11) is 0. The van der Waals surface area contributed by atoms with Gasteiger partial charge >= 0.3 is 0 Å². The highest BCUT2D eigenvalue weighted by Gasteiger charge is 2.25. The Morgan fingerprint density at radius 2 is 1.62 bits per heavy atom. The highest BCUT2D eigenvalue weighted by Crippen LogP contribution is 2.41. The largest absolute Gasteiger partial charge is 0.492 e. The fourth-order valence-electron chi connectivity index (χ4n) is 4.04. The van der Waals surface area contributed by atoms with Gasteiger partial charge in [-0.3, -0.25) is 14.6 Å². The van der Waals surface area contributed by atoms with Crippen molar-refractivity contribution in [1.82, 2.24) is 4.98 Å². The zero-order valence-electron chi connectivity index (χ0n) is 18.3. The Hall–Kier alpha value is -4.45. The van der Waals surface area contributed by atoms with Gasteiger partial charge in [-0.25, -0.2) is 0 Å². The highest BCUT2D eigenvalue weighted by molar-refractivity contribution is 6.01. The third-order valence-electron chi connectivity index (χ3n) is 5.81. The molecule has 3 aromatic carbocycles. The predicted molar refractivity (Wildman–Crippen MR) is 128 cm³/mol. The van der Waals surface area contributed by atoms with Gasteiger partial charge < -0.3 is 15.2 Å². The van der Waals surface area contributed by atoms with Gasteiger partial charge in [0.05, 0.1) is 12.2 Å². The van der Waals surface area contributed by atoms with Crippen LogP contribution in [0.4, 0.5) is 0 Å². The van der Waals surface area contributed by atoms with Gasteiger partial charge in [0.15, 0.2) is 5.78 Å². The molecule has 0 spiro atoms. The summed E-state index contributed by atoms with van der Waals surface area (Å²) in [6, 6.07) is 24.2. The van der Waals surface area contributed by atoms with E-state index in [1.54, 1.807) is 30.6 Å². The normalized spacial score (nSPS) is 13.5. The number of ketones is 1. The number of Topliss-reactive ketones (excluding diaryl/α,β-unsaturated/α-hetero) is 1. The number of hydrogen-bond acceptors (Lipinski definition) is 5. The van der Waals surface area contributed by atoms with Crippen LogP contribution in [-0.2, 0) is 0 Å². The van der Waals surface area contributed by atoms with Crippen LogP contribution in [0.15, 0.2) is 91.3 Å². The number of pyridine rings is 1. The van der Waals surface area contributed by atoms with Crippen molar-refractivity contribution in [3.63, 3.8) is 0 Å². The van der Waals surface area contributed by atoms with Crippen molar-refractivity contribution < 1.29 is 19.1 Å². The fourth-order valence-corrected chi connectivity index (χ4v) is 4.04. The van der Waals surface area contributed by atoms with E-state index in [4.69, 9.17) is 15.2 Å². The lowest BCUT2D eigenvalue weighted by Gasteiger charge is -2.25. The lowest BCUT2D eigenvalue weighted by molar-refractivity contribution is 0.0932. The molecule has 0 aliphatic carbocycles. The third-order valence-corrected chi connectivity index (χ3v) is 5.81. The molecule has 1 aliphatic rings. The molecule has 5 rings (SSSR count). The Balaban J connectivity index is 1.63. The van der Waals surface area contributed by atoms with E-state index in [1.807, 2.05) is 60.7 Å². The molecule has 2 heterocycles. The smallest absolute Gasteiger partial charge is 0.248 e. The van der Waals surface area contributed by atoms with E-state index in [0.29, 0.717) is 35.7 Å². The summed E-state index contributed by atoms with van der Waals surface area (Å²) in [5, 5.41) is 0. The minimum Gasteiger partial charge on any atom is -0.492 e. The second-order valence-electron chi connectivity index (χ2n) is 8.00. The van der Waals surface area contributed by atoms with Crippen molar-refractivity contribution in [3.05, 3.63) is 114 Å². The molecule has 6 nitrogen and oxygen atoms in total. The number of benzene rings is 3. The first-order chi connectivity index (χ1) is 16.6. The molecule has 0 unspecified atom stereocenters. The molecule has 0 saturated heterocycles. The van der Waals surface area contributed by atoms with Gasteiger partial charge in [-0.15, -0.1) is 0 Å². The molecule has 0 fully saturated rings. The Bertz CT molecular complexity index is 1340. The number of carbonyl (C=O) groups is 2. The van der Waals surface area contributed by atoms with Crippen LogP contribution in [0.3, 0.4) is 0 Å². The monoisotopic (exact) mass is 450 g/mol. The molecule has 1 aromatic heterocycles. The van der Waals surface area contributed by atoms with Crippen molar-refractivity contribution in [1.29, 1.82) is 0 Å². The zero-order chi connectivity index (χ0) is 23.5. The summed E-state index contributed by atoms with van der Waals surface area (Å²) in [4.78, 5) is 28.2. The molecule has 1 aliphatic heterocycles. The van der Waals surface area contributed by atoms with Crippen LogP contribution in [0, 0.1) is 0 Å². The molecule has 168 valence electrons. The second kappa shape index (κ2) is 9.19. The molecule has 1 amide bonds. The predicted octanol–water partition coefficient (Wildman–Crippen LogP) is 4.98. The summed E-state index contributed by atoms with van der Waals surface area (Å²) in [6.45, 7) is 0.346. The van der Waals surface area contributed by atoms with Crippen LogP contribution in [0.25, 0.3) is 11.1 Å². The third kappa shape index (κ3) is 4.26. The molecule has 0 radical (unpaired) electrons. The number of aromatic nitrogens is 1. The number of hydrogen-bond donors (Lipinski definition) is 1. The fraction of sp³-hybridized carbons (Fsp3) is 0.107. The van der Waals surface area contributed by atoms with Gasteiger partial charge in [-0.1, -0.05) is 42.5 Å². The van der Waals surface area contributed by atoms with E-state index in [0.717, 1.165) is 22.3 Å². The van der Waals surface area contributed by atoms with Crippen LogP contribution < -0.4 is 15.2 Å². The molecule has 4 aromatic rings. The quantitative estimate of drug-likeness (QED) is 0.447. The van der Waals surface area contributed by atoms with Crippen molar-refractivity contribution in [3.8, 4) is 22.6 Å².